The summed E-state index contributed by atoms with van der Waals surface area (Å²) in [7, 11) is 3.39. The van der Waals surface area contributed by atoms with Gasteiger partial charge < -0.3 is 14.0 Å². The Morgan fingerprint density at radius 2 is 1.68 bits per heavy atom. The van der Waals surface area contributed by atoms with Crippen molar-refractivity contribution in [1.29, 1.82) is 0 Å². The molecule has 3 aromatic rings. The van der Waals surface area contributed by atoms with Crippen molar-refractivity contribution in [3.8, 4) is 11.5 Å². The molecule has 28 heavy (non-hydrogen) atoms. The maximum absolute atomic E-state index is 6.08. The van der Waals surface area contributed by atoms with Crippen LogP contribution in [-0.4, -0.2) is 30.2 Å². The molecule has 4 rings (SSSR count). The fourth-order valence-electron chi connectivity index (χ4n) is 4.00. The summed E-state index contributed by atoms with van der Waals surface area (Å²) in [5.74, 6) is 1.62. The molecule has 1 aliphatic heterocycles. The molecule has 0 bridgehead atoms. The topological polar surface area (TPSA) is 26.6 Å². The van der Waals surface area contributed by atoms with E-state index < -0.39 is 0 Å². The summed E-state index contributed by atoms with van der Waals surface area (Å²) >= 11 is 6.08. The van der Waals surface area contributed by atoms with Crippen molar-refractivity contribution in [3.63, 3.8) is 0 Å². The van der Waals surface area contributed by atoms with Gasteiger partial charge >= 0.3 is 0 Å². The van der Waals surface area contributed by atoms with Crippen molar-refractivity contribution in [1.82, 2.24) is 9.47 Å². The molecule has 0 aliphatic carbocycles. The molecule has 2 aromatic carbocycles. The summed E-state index contributed by atoms with van der Waals surface area (Å²) in [5, 5.41) is 0.766. The smallest absolute Gasteiger partial charge is 0.122 e. The van der Waals surface area contributed by atoms with E-state index in [0.717, 1.165) is 42.6 Å². The Bertz CT molecular complexity index is 914. The fourth-order valence-corrected chi connectivity index (χ4v) is 4.13. The van der Waals surface area contributed by atoms with Gasteiger partial charge in [0.2, 0.25) is 0 Å². The zero-order chi connectivity index (χ0) is 19.5. The number of hydrogen-bond donors (Lipinski definition) is 0. The highest BCUT2D eigenvalue weighted by atomic mass is 35.5. The number of benzene rings is 2. The van der Waals surface area contributed by atoms with Crippen LogP contribution in [0.1, 0.15) is 29.3 Å². The Kier molecular flexibility index (Phi) is 5.60. The molecular formula is C23H25ClN2O2. The lowest BCUT2D eigenvalue weighted by Gasteiger charge is -2.31. The summed E-state index contributed by atoms with van der Waals surface area (Å²) in [6, 6.07) is 18.8. The van der Waals surface area contributed by atoms with E-state index >= 15 is 0 Å². The highest BCUT2D eigenvalue weighted by Crippen LogP contribution is 2.36. The Morgan fingerprint density at radius 3 is 2.36 bits per heavy atom. The van der Waals surface area contributed by atoms with Crippen molar-refractivity contribution in [2.24, 2.45) is 0 Å². The molecule has 1 aromatic heterocycles. The summed E-state index contributed by atoms with van der Waals surface area (Å²) in [5.41, 5.74) is 3.72. The predicted molar refractivity (Wildman–Crippen MR) is 112 cm³/mol. The number of rotatable bonds is 5. The minimum absolute atomic E-state index is 0.122. The average molecular weight is 397 g/mol. The lowest BCUT2D eigenvalue weighted by atomic mass is 10.00. The summed E-state index contributed by atoms with van der Waals surface area (Å²) in [6.45, 7) is 2.89. The van der Waals surface area contributed by atoms with Crippen LogP contribution in [0.2, 0.25) is 5.02 Å². The summed E-state index contributed by atoms with van der Waals surface area (Å²) in [6.07, 6.45) is 3.28. The summed E-state index contributed by atoms with van der Waals surface area (Å²) in [4.78, 5) is 2.52. The zero-order valence-corrected chi connectivity index (χ0v) is 17.0. The van der Waals surface area contributed by atoms with E-state index in [0.29, 0.717) is 0 Å². The number of fused-ring (bicyclic) bond motifs is 1. The Balaban J connectivity index is 1.77. The first kappa shape index (κ1) is 18.9. The quantitative estimate of drug-likeness (QED) is 0.596. The van der Waals surface area contributed by atoms with Gasteiger partial charge in [-0.3, -0.25) is 4.90 Å². The molecule has 0 saturated carbocycles. The number of hydrogen-bond acceptors (Lipinski definition) is 3. The number of aryl methyl sites for hydroxylation is 1. The minimum Gasteiger partial charge on any atom is -0.497 e. The van der Waals surface area contributed by atoms with Gasteiger partial charge in [-0.05, 0) is 53.9 Å². The fraction of sp³-hybridized carbons (Fsp3) is 0.304. The highest BCUT2D eigenvalue weighted by Gasteiger charge is 2.28. The standard InChI is InChI=1S/C23H25ClN2O2/c1-27-20-13-18(14-21(15-20)28-2)23-22-5-3-10-25(22)11-4-12-26(23)16-17-6-8-19(24)9-7-17/h3,5-10,13-15,23H,4,11-12,16H2,1-2H3. The van der Waals surface area contributed by atoms with Gasteiger partial charge in [0.1, 0.15) is 11.5 Å². The monoisotopic (exact) mass is 396 g/mol. The van der Waals surface area contributed by atoms with Gasteiger partial charge in [0, 0.05) is 42.6 Å². The van der Waals surface area contributed by atoms with E-state index in [4.69, 9.17) is 21.1 Å². The number of halogens is 1. The van der Waals surface area contributed by atoms with Crippen LogP contribution in [0.25, 0.3) is 0 Å². The van der Waals surface area contributed by atoms with E-state index in [1.165, 1.54) is 16.8 Å². The van der Waals surface area contributed by atoms with Gasteiger partial charge in [-0.2, -0.15) is 0 Å². The largest absolute Gasteiger partial charge is 0.497 e. The molecule has 0 radical (unpaired) electrons. The zero-order valence-electron chi connectivity index (χ0n) is 16.3. The first-order valence-corrected chi connectivity index (χ1v) is 9.92. The van der Waals surface area contributed by atoms with Crippen LogP contribution in [0, 0.1) is 0 Å². The molecule has 0 N–H and O–H groups in total. The first-order chi connectivity index (χ1) is 13.7. The first-order valence-electron chi connectivity index (χ1n) is 9.54. The second-order valence-electron chi connectivity index (χ2n) is 7.13. The van der Waals surface area contributed by atoms with Gasteiger partial charge in [0.05, 0.1) is 20.3 Å². The van der Waals surface area contributed by atoms with Crippen molar-refractivity contribution in [3.05, 3.63) is 82.6 Å². The maximum atomic E-state index is 6.08. The van der Waals surface area contributed by atoms with Gasteiger partial charge in [0.15, 0.2) is 0 Å². The lowest BCUT2D eigenvalue weighted by molar-refractivity contribution is 0.219. The number of methoxy groups -OCH3 is 2. The van der Waals surface area contributed by atoms with Gasteiger partial charge in [-0.25, -0.2) is 0 Å². The molecule has 1 aliphatic rings. The van der Waals surface area contributed by atoms with Gasteiger partial charge in [-0.15, -0.1) is 0 Å². The van der Waals surface area contributed by atoms with Crippen LogP contribution >= 0.6 is 11.6 Å². The lowest BCUT2D eigenvalue weighted by Crippen LogP contribution is -2.29. The number of nitrogens with zero attached hydrogens (tertiary/aromatic N) is 2. The van der Waals surface area contributed by atoms with Crippen molar-refractivity contribution in [2.45, 2.75) is 25.6 Å². The molecule has 2 heterocycles. The van der Waals surface area contributed by atoms with Crippen LogP contribution in [0.3, 0.4) is 0 Å². The molecule has 5 heteroatoms. The Labute approximate surface area is 171 Å². The van der Waals surface area contributed by atoms with Crippen molar-refractivity contribution in [2.75, 3.05) is 20.8 Å². The molecule has 4 nitrogen and oxygen atoms in total. The second-order valence-corrected chi connectivity index (χ2v) is 7.56. The maximum Gasteiger partial charge on any atom is 0.122 e. The second kappa shape index (κ2) is 8.29. The van der Waals surface area contributed by atoms with E-state index in [1.54, 1.807) is 14.2 Å². The normalized spacial score (nSPS) is 17.0. The highest BCUT2D eigenvalue weighted by molar-refractivity contribution is 6.30. The third-order valence-electron chi connectivity index (χ3n) is 5.34. The van der Waals surface area contributed by atoms with Crippen molar-refractivity contribution >= 4 is 11.6 Å². The van der Waals surface area contributed by atoms with Crippen LogP contribution in [0.15, 0.2) is 60.8 Å². The third-order valence-corrected chi connectivity index (χ3v) is 5.59. The number of ether oxygens (including phenoxy) is 2. The number of aromatic nitrogens is 1. The Hall–Kier alpha value is -2.43. The van der Waals surface area contributed by atoms with E-state index in [2.05, 4.69) is 52.1 Å². The van der Waals surface area contributed by atoms with Crippen LogP contribution in [0.4, 0.5) is 0 Å². The third kappa shape index (κ3) is 3.89. The van der Waals surface area contributed by atoms with Crippen LogP contribution in [0.5, 0.6) is 11.5 Å². The average Bonchev–Trinajstić information content (AvgIpc) is 3.10. The van der Waals surface area contributed by atoms with Crippen LogP contribution < -0.4 is 9.47 Å². The van der Waals surface area contributed by atoms with Gasteiger partial charge in [-0.1, -0.05) is 23.7 Å². The molecule has 0 amide bonds. The van der Waals surface area contributed by atoms with Crippen LogP contribution in [-0.2, 0) is 13.1 Å². The van der Waals surface area contributed by atoms with Gasteiger partial charge in [0.25, 0.3) is 0 Å². The SMILES string of the molecule is COc1cc(OC)cc(C2c3cccn3CCCN2Cc2ccc(Cl)cc2)c1. The van der Waals surface area contributed by atoms with Crippen molar-refractivity contribution < 1.29 is 9.47 Å². The Morgan fingerprint density at radius 1 is 0.964 bits per heavy atom. The van der Waals surface area contributed by atoms with E-state index in [-0.39, 0.29) is 6.04 Å². The minimum atomic E-state index is 0.122. The predicted octanol–water partition coefficient (Wildman–Crippen LogP) is 5.15. The molecule has 0 spiro atoms. The molecule has 146 valence electrons. The molecule has 0 saturated heterocycles. The molecule has 0 fully saturated rings. The molecule has 1 atom stereocenters. The van der Waals surface area contributed by atoms with E-state index in [1.807, 2.05) is 18.2 Å². The van der Waals surface area contributed by atoms with E-state index in [9.17, 15) is 0 Å². The molecular weight excluding hydrogens is 372 g/mol. The summed E-state index contributed by atoms with van der Waals surface area (Å²) < 4.78 is 13.4. The molecule has 1 unspecified atom stereocenters.